The summed E-state index contributed by atoms with van der Waals surface area (Å²) in [5.74, 6) is 0.613. The summed E-state index contributed by atoms with van der Waals surface area (Å²) in [7, 11) is 1.76. The highest BCUT2D eigenvalue weighted by molar-refractivity contribution is 14.0. The molecule has 148 valence electrons. The number of guanidine groups is 1. The van der Waals surface area contributed by atoms with Gasteiger partial charge in [-0.15, -0.1) is 24.0 Å². The molecule has 1 aromatic rings. The zero-order valence-electron chi connectivity index (χ0n) is 16.4. The minimum absolute atomic E-state index is 0. The van der Waals surface area contributed by atoms with E-state index in [9.17, 15) is 4.39 Å². The molecular weight excluding hydrogens is 442 g/mol. The molecule has 0 aromatic heterocycles. The van der Waals surface area contributed by atoms with E-state index in [4.69, 9.17) is 0 Å². The van der Waals surface area contributed by atoms with Gasteiger partial charge >= 0.3 is 0 Å². The summed E-state index contributed by atoms with van der Waals surface area (Å²) in [5.41, 5.74) is 1.60. The van der Waals surface area contributed by atoms with Gasteiger partial charge in [0.1, 0.15) is 5.82 Å². The van der Waals surface area contributed by atoms with E-state index in [0.717, 1.165) is 30.5 Å². The fourth-order valence-electron chi connectivity index (χ4n) is 3.29. The van der Waals surface area contributed by atoms with Crippen LogP contribution in [0.1, 0.15) is 50.2 Å². The summed E-state index contributed by atoms with van der Waals surface area (Å²) in [4.78, 5) is 6.85. The molecule has 0 bridgehead atoms. The molecule has 4 nitrogen and oxygen atoms in total. The Labute approximate surface area is 175 Å². The third kappa shape index (κ3) is 7.78. The van der Waals surface area contributed by atoms with E-state index in [0.29, 0.717) is 12.1 Å². The maximum absolute atomic E-state index is 13.6. The zero-order valence-corrected chi connectivity index (χ0v) is 18.7. The van der Waals surface area contributed by atoms with Crippen molar-refractivity contribution in [1.29, 1.82) is 0 Å². The first-order chi connectivity index (χ1) is 12.1. The summed E-state index contributed by atoms with van der Waals surface area (Å²) < 4.78 is 13.6. The van der Waals surface area contributed by atoms with Crippen molar-refractivity contribution in [2.45, 2.75) is 58.5 Å². The summed E-state index contributed by atoms with van der Waals surface area (Å²) in [6.45, 7) is 8.05. The molecule has 0 aliphatic carbocycles. The van der Waals surface area contributed by atoms with Crippen LogP contribution in [-0.4, -0.2) is 43.6 Å². The number of piperidine rings is 1. The molecule has 0 spiro atoms. The monoisotopic (exact) mass is 476 g/mol. The summed E-state index contributed by atoms with van der Waals surface area (Å²) in [5, 5.41) is 6.58. The van der Waals surface area contributed by atoms with E-state index in [2.05, 4.69) is 27.4 Å². The highest BCUT2D eigenvalue weighted by Gasteiger charge is 2.16. The van der Waals surface area contributed by atoms with Crippen molar-refractivity contribution in [3.63, 3.8) is 0 Å². The van der Waals surface area contributed by atoms with Crippen molar-refractivity contribution < 1.29 is 4.39 Å². The lowest BCUT2D eigenvalue weighted by molar-refractivity contribution is 0.158. The van der Waals surface area contributed by atoms with Gasteiger partial charge in [0, 0.05) is 26.2 Å². The molecule has 26 heavy (non-hydrogen) atoms. The normalized spacial score (nSPS) is 18.3. The molecule has 1 heterocycles. The number of benzene rings is 1. The van der Waals surface area contributed by atoms with Crippen molar-refractivity contribution in [3.8, 4) is 0 Å². The Bertz CT molecular complexity index is 565. The van der Waals surface area contributed by atoms with Crippen LogP contribution >= 0.6 is 24.0 Å². The Balaban J connectivity index is 0.00000338. The lowest BCUT2D eigenvalue weighted by Gasteiger charge is -2.33. The van der Waals surface area contributed by atoms with Crippen molar-refractivity contribution in [2.24, 2.45) is 4.99 Å². The topological polar surface area (TPSA) is 39.7 Å². The maximum Gasteiger partial charge on any atom is 0.191 e. The van der Waals surface area contributed by atoms with Crippen molar-refractivity contribution in [3.05, 3.63) is 35.1 Å². The van der Waals surface area contributed by atoms with Crippen LogP contribution < -0.4 is 10.6 Å². The average Bonchev–Trinajstić information content (AvgIpc) is 2.61. The molecule has 2 N–H and O–H groups in total. The van der Waals surface area contributed by atoms with E-state index >= 15 is 0 Å². The number of aliphatic imine (C=N–C) groups is 1. The Morgan fingerprint density at radius 2 is 2.08 bits per heavy atom. The van der Waals surface area contributed by atoms with Gasteiger partial charge in [0.05, 0.1) is 0 Å². The minimum atomic E-state index is -0.158. The van der Waals surface area contributed by atoms with E-state index < -0.39 is 0 Å². The fourth-order valence-corrected chi connectivity index (χ4v) is 3.29. The number of nitrogens with zero attached hydrogens (tertiary/aromatic N) is 2. The largest absolute Gasteiger partial charge is 0.356 e. The molecule has 2 rings (SSSR count). The Kier molecular flexibility index (Phi) is 11.1. The van der Waals surface area contributed by atoms with Crippen LogP contribution in [0.3, 0.4) is 0 Å². The van der Waals surface area contributed by atoms with E-state index in [1.54, 1.807) is 20.0 Å². The highest BCUT2D eigenvalue weighted by Crippen LogP contribution is 2.16. The number of likely N-dealkylation sites (tertiary alicyclic amines) is 1. The first kappa shape index (κ1) is 23.1. The molecule has 1 aromatic carbocycles. The smallest absolute Gasteiger partial charge is 0.191 e. The van der Waals surface area contributed by atoms with Gasteiger partial charge in [-0.2, -0.15) is 0 Å². The SMILES string of the molecule is CN=C(NCCCCN1CCCCC1C)NCc1ccc(C)c(F)c1.I. The maximum atomic E-state index is 13.6. The minimum Gasteiger partial charge on any atom is -0.356 e. The van der Waals surface area contributed by atoms with Gasteiger partial charge in [-0.3, -0.25) is 4.99 Å². The Hall–Kier alpha value is -0.890. The van der Waals surface area contributed by atoms with E-state index in [-0.39, 0.29) is 29.8 Å². The van der Waals surface area contributed by atoms with Crippen LogP contribution in [0.5, 0.6) is 0 Å². The molecule has 1 unspecified atom stereocenters. The van der Waals surface area contributed by atoms with Crippen LogP contribution in [0.2, 0.25) is 0 Å². The number of nitrogens with one attached hydrogen (secondary N) is 2. The van der Waals surface area contributed by atoms with Crippen molar-refractivity contribution in [2.75, 3.05) is 26.7 Å². The molecule has 1 aliphatic rings. The van der Waals surface area contributed by atoms with Gasteiger partial charge in [0.25, 0.3) is 0 Å². The van der Waals surface area contributed by atoms with Crippen LogP contribution in [0.15, 0.2) is 23.2 Å². The molecule has 1 atom stereocenters. The van der Waals surface area contributed by atoms with Crippen LogP contribution in [0.25, 0.3) is 0 Å². The zero-order chi connectivity index (χ0) is 18.1. The highest BCUT2D eigenvalue weighted by atomic mass is 127. The predicted molar refractivity (Wildman–Crippen MR) is 119 cm³/mol. The number of hydrogen-bond donors (Lipinski definition) is 2. The standard InChI is InChI=1S/C20H33FN4.HI/c1-16-9-10-18(14-19(16)21)15-24-20(22-3)23-11-5-7-13-25-12-6-4-8-17(25)2;/h9-10,14,17H,4-8,11-13,15H2,1-3H3,(H2,22,23,24);1H. The van der Waals surface area contributed by atoms with Gasteiger partial charge in [0.15, 0.2) is 5.96 Å². The first-order valence-electron chi connectivity index (χ1n) is 9.53. The molecule has 6 heteroatoms. The molecule has 1 saturated heterocycles. The van der Waals surface area contributed by atoms with Gasteiger partial charge in [-0.1, -0.05) is 18.6 Å². The molecule has 1 aliphatic heterocycles. The van der Waals surface area contributed by atoms with Crippen LogP contribution in [-0.2, 0) is 6.54 Å². The van der Waals surface area contributed by atoms with E-state index in [1.807, 2.05) is 12.1 Å². The second-order valence-electron chi connectivity index (χ2n) is 7.02. The predicted octanol–water partition coefficient (Wildman–Crippen LogP) is 4.07. The molecule has 0 saturated carbocycles. The summed E-state index contributed by atoms with van der Waals surface area (Å²) in [6, 6.07) is 6.07. The number of unbranched alkanes of at least 4 members (excludes halogenated alkanes) is 1. The molecule has 1 fully saturated rings. The summed E-state index contributed by atoms with van der Waals surface area (Å²) >= 11 is 0. The number of hydrogen-bond acceptors (Lipinski definition) is 2. The third-order valence-electron chi connectivity index (χ3n) is 5.02. The average molecular weight is 476 g/mol. The Morgan fingerprint density at radius 3 is 2.77 bits per heavy atom. The van der Waals surface area contributed by atoms with Crippen LogP contribution in [0.4, 0.5) is 4.39 Å². The molecule has 0 amide bonds. The van der Waals surface area contributed by atoms with E-state index in [1.165, 1.54) is 38.8 Å². The second-order valence-corrected chi connectivity index (χ2v) is 7.02. The number of aryl methyl sites for hydroxylation is 1. The van der Waals surface area contributed by atoms with Crippen molar-refractivity contribution in [1.82, 2.24) is 15.5 Å². The fraction of sp³-hybridized carbons (Fsp3) is 0.650. The van der Waals surface area contributed by atoms with Gasteiger partial charge in [-0.25, -0.2) is 4.39 Å². The molecule has 0 radical (unpaired) electrons. The number of rotatable bonds is 7. The lowest BCUT2D eigenvalue weighted by Crippen LogP contribution is -2.39. The number of halogens is 2. The lowest BCUT2D eigenvalue weighted by atomic mass is 10.0. The first-order valence-corrected chi connectivity index (χ1v) is 9.53. The van der Waals surface area contributed by atoms with Gasteiger partial charge in [-0.05, 0) is 69.8 Å². The molecular formula is C20H34FIN4. The summed E-state index contributed by atoms with van der Waals surface area (Å²) in [6.07, 6.45) is 6.40. The van der Waals surface area contributed by atoms with Crippen molar-refractivity contribution >= 4 is 29.9 Å². The Morgan fingerprint density at radius 1 is 1.27 bits per heavy atom. The van der Waals surface area contributed by atoms with Gasteiger partial charge in [0.2, 0.25) is 0 Å². The second kappa shape index (κ2) is 12.5. The quantitative estimate of drug-likeness (QED) is 0.270. The third-order valence-corrected chi connectivity index (χ3v) is 5.02. The van der Waals surface area contributed by atoms with Crippen LogP contribution in [0, 0.1) is 12.7 Å². The van der Waals surface area contributed by atoms with Gasteiger partial charge < -0.3 is 15.5 Å².